The maximum atomic E-state index is 12.4. The molecular weight excluding hydrogens is 434 g/mol. The number of hydrogen-bond acceptors (Lipinski definition) is 7. The molecule has 1 atom stereocenters. The largest absolute Gasteiger partial charge is 0.486 e. The number of nitrogens with one attached hydrogen (secondary N) is 1. The molecule has 0 aromatic carbocycles. The molecule has 1 amide bonds. The van der Waals surface area contributed by atoms with E-state index in [0.717, 1.165) is 6.42 Å². The van der Waals surface area contributed by atoms with Crippen LogP contribution >= 0.6 is 0 Å². The first kappa shape index (κ1) is 22.7. The average molecular weight is 460 g/mol. The number of carbonyl (C=O) groups excluding carboxylic acids is 1. The summed E-state index contributed by atoms with van der Waals surface area (Å²) in [6.07, 6.45) is 0.885. The molecule has 0 radical (unpaired) electrons. The summed E-state index contributed by atoms with van der Waals surface area (Å²) < 4.78 is 36.8. The zero-order valence-corrected chi connectivity index (χ0v) is 18.7. The number of nitrogens with zero attached hydrogens (tertiary/aromatic N) is 5. The third-order valence-corrected chi connectivity index (χ3v) is 4.92. The Balaban J connectivity index is 1.44. The normalized spacial score (nSPS) is 16.4. The van der Waals surface area contributed by atoms with Gasteiger partial charge in [-0.3, -0.25) is 0 Å². The Morgan fingerprint density at radius 3 is 2.88 bits per heavy atom. The summed E-state index contributed by atoms with van der Waals surface area (Å²) in [6.45, 7) is 5.97. The van der Waals surface area contributed by atoms with Crippen molar-refractivity contribution in [2.24, 2.45) is 0 Å². The van der Waals surface area contributed by atoms with Crippen LogP contribution in [0.2, 0.25) is 0 Å². The van der Waals surface area contributed by atoms with E-state index in [0.29, 0.717) is 35.9 Å². The molecule has 1 fully saturated rings. The van der Waals surface area contributed by atoms with Crippen LogP contribution in [0.3, 0.4) is 0 Å². The van der Waals surface area contributed by atoms with Gasteiger partial charge in [-0.1, -0.05) is 6.07 Å². The van der Waals surface area contributed by atoms with Gasteiger partial charge >= 0.3 is 6.09 Å². The highest BCUT2D eigenvalue weighted by atomic mass is 19.3. The number of aromatic nitrogens is 4. The summed E-state index contributed by atoms with van der Waals surface area (Å²) >= 11 is 0. The van der Waals surface area contributed by atoms with Gasteiger partial charge in [0.1, 0.15) is 29.5 Å². The average Bonchev–Trinajstić information content (AvgIpc) is 3.38. The Bertz CT molecular complexity index is 1130. The molecule has 3 aromatic rings. The van der Waals surface area contributed by atoms with Crippen molar-refractivity contribution in [3.05, 3.63) is 36.7 Å². The minimum Gasteiger partial charge on any atom is -0.486 e. The van der Waals surface area contributed by atoms with Crippen molar-refractivity contribution < 1.29 is 23.0 Å². The first-order valence-electron chi connectivity index (χ1n) is 10.6. The predicted octanol–water partition coefficient (Wildman–Crippen LogP) is 3.86. The van der Waals surface area contributed by atoms with E-state index in [2.05, 4.69) is 20.4 Å². The van der Waals surface area contributed by atoms with E-state index in [9.17, 15) is 13.6 Å². The molecule has 1 aliphatic rings. The molecule has 11 heteroatoms. The van der Waals surface area contributed by atoms with Gasteiger partial charge in [0.25, 0.3) is 6.43 Å². The van der Waals surface area contributed by atoms with Crippen LogP contribution in [0.4, 0.5) is 19.4 Å². The van der Waals surface area contributed by atoms with Crippen molar-refractivity contribution in [2.75, 3.05) is 25.0 Å². The van der Waals surface area contributed by atoms with Crippen LogP contribution in [0.15, 0.2) is 36.7 Å². The number of halogens is 2. The fourth-order valence-corrected chi connectivity index (χ4v) is 3.51. The molecule has 4 heterocycles. The van der Waals surface area contributed by atoms with Crippen LogP contribution in [-0.4, -0.2) is 68.3 Å². The van der Waals surface area contributed by atoms with E-state index in [4.69, 9.17) is 9.47 Å². The number of likely N-dealkylation sites (tertiary alicyclic amines) is 1. The van der Waals surface area contributed by atoms with E-state index >= 15 is 0 Å². The zero-order chi connectivity index (χ0) is 23.6. The lowest BCUT2D eigenvalue weighted by atomic mass is 10.2. The molecule has 1 N–H and O–H groups in total. The highest BCUT2D eigenvalue weighted by Gasteiger charge is 2.30. The molecule has 4 rings (SSSR count). The van der Waals surface area contributed by atoms with Gasteiger partial charge in [0.2, 0.25) is 0 Å². The number of ether oxygens (including phenoxy) is 2. The SMILES string of the molecule is CC(C)(C)OC(=O)N1CCC(Nc2cccc(-c3cnc4cc(OCC(F)F)cnn34)n2)C1. The summed E-state index contributed by atoms with van der Waals surface area (Å²) in [7, 11) is 0. The summed E-state index contributed by atoms with van der Waals surface area (Å²) in [5.74, 6) is 0.884. The fourth-order valence-electron chi connectivity index (χ4n) is 3.51. The zero-order valence-electron chi connectivity index (χ0n) is 18.7. The van der Waals surface area contributed by atoms with Crippen molar-refractivity contribution in [1.29, 1.82) is 0 Å². The highest BCUT2D eigenvalue weighted by Crippen LogP contribution is 2.23. The Morgan fingerprint density at radius 2 is 2.12 bits per heavy atom. The number of imidazole rings is 1. The van der Waals surface area contributed by atoms with Crippen LogP contribution in [0.1, 0.15) is 27.2 Å². The third kappa shape index (κ3) is 5.65. The summed E-state index contributed by atoms with van der Waals surface area (Å²) in [5, 5.41) is 7.63. The monoisotopic (exact) mass is 460 g/mol. The van der Waals surface area contributed by atoms with Crippen molar-refractivity contribution in [2.45, 2.75) is 45.3 Å². The third-order valence-electron chi connectivity index (χ3n) is 4.92. The number of amides is 1. The van der Waals surface area contributed by atoms with Gasteiger partial charge in [-0.15, -0.1) is 0 Å². The second-order valence-electron chi connectivity index (χ2n) is 8.77. The van der Waals surface area contributed by atoms with Crippen LogP contribution in [0.25, 0.3) is 17.0 Å². The van der Waals surface area contributed by atoms with Crippen molar-refractivity contribution in [1.82, 2.24) is 24.5 Å². The Hall–Kier alpha value is -3.50. The molecule has 33 heavy (non-hydrogen) atoms. The Kier molecular flexibility index (Phi) is 6.30. The molecule has 1 saturated heterocycles. The quantitative estimate of drug-likeness (QED) is 0.597. The summed E-state index contributed by atoms with van der Waals surface area (Å²) in [6, 6.07) is 7.15. The van der Waals surface area contributed by atoms with Gasteiger partial charge < -0.3 is 19.7 Å². The maximum Gasteiger partial charge on any atom is 0.410 e. The van der Waals surface area contributed by atoms with Gasteiger partial charge in [-0.2, -0.15) is 5.10 Å². The van der Waals surface area contributed by atoms with E-state index < -0.39 is 18.6 Å². The standard InChI is InChI=1S/C22H26F2N6O3/c1-22(2,3)33-21(31)29-8-7-14(12-29)27-19-6-4-5-16(28-19)17-11-25-20-9-15(10-26-30(17)20)32-13-18(23)24/h4-6,9-11,14,18H,7-8,12-13H2,1-3H3,(H,27,28). The molecule has 3 aromatic heterocycles. The molecule has 1 aliphatic heterocycles. The number of anilines is 1. The number of fused-ring (bicyclic) bond motifs is 1. The number of pyridine rings is 1. The van der Waals surface area contributed by atoms with Gasteiger partial charge in [-0.25, -0.2) is 28.1 Å². The second kappa shape index (κ2) is 9.16. The second-order valence-corrected chi connectivity index (χ2v) is 8.77. The lowest BCUT2D eigenvalue weighted by molar-refractivity contribution is 0.0293. The van der Waals surface area contributed by atoms with E-state index in [1.165, 1.54) is 6.20 Å². The van der Waals surface area contributed by atoms with E-state index in [1.807, 2.05) is 39.0 Å². The Morgan fingerprint density at radius 1 is 1.30 bits per heavy atom. The van der Waals surface area contributed by atoms with Gasteiger partial charge in [0.15, 0.2) is 5.65 Å². The number of alkyl halides is 2. The van der Waals surface area contributed by atoms with Gasteiger partial charge in [0, 0.05) is 25.2 Å². The topological polar surface area (TPSA) is 93.9 Å². The number of hydrogen-bond donors (Lipinski definition) is 1. The number of rotatable bonds is 6. The first-order chi connectivity index (χ1) is 15.7. The minimum atomic E-state index is -2.56. The first-order valence-corrected chi connectivity index (χ1v) is 10.6. The van der Waals surface area contributed by atoms with Crippen LogP contribution in [-0.2, 0) is 4.74 Å². The smallest absolute Gasteiger partial charge is 0.410 e. The molecule has 0 bridgehead atoms. The lowest BCUT2D eigenvalue weighted by Gasteiger charge is -2.24. The van der Waals surface area contributed by atoms with Crippen molar-refractivity contribution in [3.63, 3.8) is 0 Å². The molecule has 9 nitrogen and oxygen atoms in total. The van der Waals surface area contributed by atoms with Gasteiger partial charge in [0.05, 0.1) is 18.1 Å². The van der Waals surface area contributed by atoms with E-state index in [1.54, 1.807) is 21.7 Å². The predicted molar refractivity (Wildman–Crippen MR) is 118 cm³/mol. The lowest BCUT2D eigenvalue weighted by Crippen LogP contribution is -2.36. The highest BCUT2D eigenvalue weighted by molar-refractivity contribution is 5.69. The van der Waals surface area contributed by atoms with Crippen molar-refractivity contribution in [3.8, 4) is 17.1 Å². The Labute approximate surface area is 189 Å². The molecule has 0 aliphatic carbocycles. The molecule has 0 saturated carbocycles. The summed E-state index contributed by atoms with van der Waals surface area (Å²) in [4.78, 5) is 22.9. The molecule has 0 spiro atoms. The summed E-state index contributed by atoms with van der Waals surface area (Å²) in [5.41, 5.74) is 1.22. The fraction of sp³-hybridized carbons (Fsp3) is 0.455. The van der Waals surface area contributed by atoms with E-state index in [-0.39, 0.29) is 17.9 Å². The van der Waals surface area contributed by atoms with Crippen LogP contribution in [0.5, 0.6) is 5.75 Å². The maximum absolute atomic E-state index is 12.4. The number of carbonyl (C=O) groups is 1. The molecule has 1 unspecified atom stereocenters. The van der Waals surface area contributed by atoms with Crippen LogP contribution < -0.4 is 10.1 Å². The van der Waals surface area contributed by atoms with Crippen molar-refractivity contribution >= 4 is 17.6 Å². The molecule has 176 valence electrons. The minimum absolute atomic E-state index is 0.0510. The molecular formula is C22H26F2N6O3. The van der Waals surface area contributed by atoms with Crippen LogP contribution in [0, 0.1) is 0 Å². The van der Waals surface area contributed by atoms with Gasteiger partial charge in [-0.05, 0) is 39.3 Å².